The lowest BCUT2D eigenvalue weighted by molar-refractivity contribution is -0.152. The number of aliphatic hydroxyl groups is 2. The summed E-state index contributed by atoms with van der Waals surface area (Å²) < 4.78 is 0. The number of carboxylic acid groups (broad SMARTS) is 2. The molecule has 0 aliphatic carbocycles. The summed E-state index contributed by atoms with van der Waals surface area (Å²) in [5.74, 6) is -23.6. The Morgan fingerprint density at radius 1 is 0.500 bits per heavy atom. The van der Waals surface area contributed by atoms with E-state index >= 15 is 0 Å². The lowest BCUT2D eigenvalue weighted by Crippen LogP contribution is -2.62. The Labute approximate surface area is 803 Å². The molecule has 0 bridgehead atoms. The molecule has 2 aliphatic rings. The molecule has 17 amide bonds. The molecule has 1 aromatic heterocycles. The minimum Gasteiger partial charge on any atom is -0.508 e. The van der Waals surface area contributed by atoms with Gasteiger partial charge in [-0.3, -0.25) is 91.7 Å². The summed E-state index contributed by atoms with van der Waals surface area (Å²) in [7, 11) is 0. The number of nitrogens with zero attached hydrogens (tertiary/aromatic N) is 3. The number of H-pyrrole nitrogens is 1. The molecule has 0 radical (unpaired) electrons. The molecule has 138 heavy (non-hydrogen) atoms. The Morgan fingerprint density at radius 3 is 1.43 bits per heavy atom. The van der Waals surface area contributed by atoms with Gasteiger partial charge in [0, 0.05) is 63.0 Å². The van der Waals surface area contributed by atoms with Crippen molar-refractivity contribution in [3.05, 3.63) is 77.9 Å². The second kappa shape index (κ2) is 56.4. The van der Waals surface area contributed by atoms with Crippen LogP contribution in [0, 0.1) is 35.0 Å². The first-order valence-corrected chi connectivity index (χ1v) is 46.4. The number of guanidine groups is 1. The van der Waals surface area contributed by atoms with Crippen molar-refractivity contribution in [1.82, 2.24) is 99.5 Å². The van der Waals surface area contributed by atoms with E-state index in [4.69, 9.17) is 22.6 Å². The van der Waals surface area contributed by atoms with Gasteiger partial charge >= 0.3 is 11.9 Å². The lowest BCUT2D eigenvalue weighted by atomic mass is 9.95. The number of aliphatic carboxylic acids is 2. The fraction of sp³-hybridized carbons (Fsp3) is 0.607. The number of hydrogen-bond donors (Lipinski definition) is 27. The fourth-order valence-corrected chi connectivity index (χ4v) is 15.5. The average Bonchev–Trinajstić information content (AvgIpc) is 1.65. The highest BCUT2D eigenvalue weighted by Crippen LogP contribution is 2.27. The van der Waals surface area contributed by atoms with Crippen molar-refractivity contribution in [2.24, 2.45) is 46.8 Å². The second-order valence-electron chi connectivity index (χ2n) is 35.9. The molecule has 29 N–H and O–H groups in total. The normalized spacial score (nSPS) is 17.0. The number of nitrogens with one attached hydrogen (secondary N) is 17. The van der Waals surface area contributed by atoms with Crippen LogP contribution in [-0.2, 0) is 110 Å². The van der Waals surface area contributed by atoms with E-state index in [-0.39, 0.29) is 114 Å². The van der Waals surface area contributed by atoms with Crippen LogP contribution in [0.25, 0.3) is 0 Å². The molecule has 0 unspecified atom stereocenters. The van der Waals surface area contributed by atoms with Crippen molar-refractivity contribution >= 4 is 131 Å². The molecule has 49 heteroatoms. The second-order valence-corrected chi connectivity index (χ2v) is 36.3. The number of hydrogen-bond acceptors (Lipinski definition) is 27. The van der Waals surface area contributed by atoms with Crippen molar-refractivity contribution in [3.8, 4) is 11.5 Å². The third-order valence-electron chi connectivity index (χ3n) is 23.0. The van der Waals surface area contributed by atoms with Gasteiger partial charge < -0.3 is 142 Å². The Hall–Kier alpha value is -13.3. The summed E-state index contributed by atoms with van der Waals surface area (Å²) in [5, 5.41) is 106. The van der Waals surface area contributed by atoms with Crippen LogP contribution in [0.15, 0.2) is 61.1 Å². The van der Waals surface area contributed by atoms with Gasteiger partial charge in [-0.1, -0.05) is 99.9 Å². The first-order chi connectivity index (χ1) is 65.0. The van der Waals surface area contributed by atoms with E-state index in [1.807, 2.05) is 0 Å². The number of likely N-dealkylation sites (tertiary alicyclic amines) is 2. The average molecular weight is 1960 g/mol. The number of carbonyl (C=O) groups excluding carboxylic acids is 17. The van der Waals surface area contributed by atoms with Crippen LogP contribution in [0.1, 0.15) is 170 Å². The number of phenolic OH excluding ortho intramolecular Hbond substituents is 2. The first-order valence-electron chi connectivity index (χ1n) is 45.8. The molecule has 48 nitrogen and oxygen atoms in total. The van der Waals surface area contributed by atoms with Gasteiger partial charge in [-0.25, -0.2) is 9.78 Å². The van der Waals surface area contributed by atoms with Crippen molar-refractivity contribution in [1.29, 1.82) is 5.41 Å². The van der Waals surface area contributed by atoms with Crippen molar-refractivity contribution in [2.45, 2.75) is 275 Å². The number of nitrogens with two attached hydrogens (primary N) is 3. The molecule has 2 saturated heterocycles. The third kappa shape index (κ3) is 37.3. The van der Waals surface area contributed by atoms with Gasteiger partial charge in [0.15, 0.2) is 5.96 Å². The lowest BCUT2D eigenvalue weighted by Gasteiger charge is -2.33. The summed E-state index contributed by atoms with van der Waals surface area (Å²) in [5.41, 5.74) is 18.1. The molecule has 18 atom stereocenters. The van der Waals surface area contributed by atoms with Gasteiger partial charge in [0.05, 0.1) is 38.0 Å². The molecule has 0 saturated carbocycles. The summed E-state index contributed by atoms with van der Waals surface area (Å²) in [6, 6.07) is -13.4. The molecule has 3 heterocycles. The Morgan fingerprint density at radius 2 is 0.942 bits per heavy atom. The minimum absolute atomic E-state index is 0.000442. The molecular weight excluding hydrogens is 1820 g/mol. The Balaban J connectivity index is 1.32. The number of carboxylic acids is 2. The van der Waals surface area contributed by atoms with E-state index in [0.717, 1.165) is 6.92 Å². The summed E-state index contributed by atoms with van der Waals surface area (Å²) in [4.78, 5) is 274. The van der Waals surface area contributed by atoms with Gasteiger partial charge in [0.1, 0.15) is 102 Å². The molecule has 2 aliphatic heterocycles. The largest absolute Gasteiger partial charge is 0.508 e. The zero-order valence-corrected chi connectivity index (χ0v) is 80.2. The quantitative estimate of drug-likeness (QED) is 0.0108. The number of carbonyl (C=O) groups is 19. The number of aromatic nitrogens is 2. The van der Waals surface area contributed by atoms with Crippen LogP contribution in [-0.4, -0.2) is 310 Å². The van der Waals surface area contributed by atoms with E-state index in [0.29, 0.717) is 29.7 Å². The van der Waals surface area contributed by atoms with E-state index in [9.17, 15) is 122 Å². The number of benzene rings is 2. The standard InChI is InChI=1S/C89H137N23O25S/c1-12-47(10)71(84(132)102-59(35-50-21-25-53(116)26-22-50)79(127)104-61(36-51-38-94-42-97-51)86(134)111-30-14-17-64(111)87(135)112-31-15-18-65(112)88(136)137)109-82(130)69(45(6)7)108-81(129)63(41-138)106-75(123)55(16-13-29-95-89(92)93)100-78(126)58(34-49-19-23-52(115)24-20-49)101-77(125)57(33-44(4)5)98-67(118)39-96-74(122)62(40-113)105-80(128)60(37-68(119)120)103-85(133)72(48(11)114)110-83(131)70(46(8)9)107-76(124)56(27-28-66(91)117)99-73(121)54(90)32-43(2)3/h19-26,38,42-48,54-65,69-72,113-116,138H,12-18,27-37,39-41,90H2,1-11H3,(H2,91,117)(H,94,97)(H,96,122)(H,98,118)(H,99,121)(H,100,126)(H,101,125)(H,102,132)(H,103,133)(H,104,127)(H,105,128)(H,106,123)(H,107,124)(H,108,129)(H,109,130)(H,110,131)(H,119,120)(H,136,137)(H4,92,93,95)/t47-,48+,54-,55-,56-,57-,58-,59-,60-,61-,62-,63-,64-,65-,69-,70-,71-,72-/m0/s1. The molecule has 764 valence electrons. The zero-order valence-electron chi connectivity index (χ0n) is 79.3. The number of rotatable bonds is 57. The number of thiol groups is 1. The van der Waals surface area contributed by atoms with Gasteiger partial charge in [0.25, 0.3) is 0 Å². The molecule has 2 aromatic carbocycles. The number of amides is 17. The fourth-order valence-electron chi connectivity index (χ4n) is 15.2. The predicted molar refractivity (Wildman–Crippen MR) is 500 cm³/mol. The molecule has 2 fully saturated rings. The van der Waals surface area contributed by atoms with E-state index in [1.54, 1.807) is 55.4 Å². The molecular formula is C89H137N23O25S. The summed E-state index contributed by atoms with van der Waals surface area (Å²) in [6.45, 7) is 15.4. The molecule has 5 rings (SSSR count). The van der Waals surface area contributed by atoms with E-state index in [1.165, 1.54) is 84.7 Å². The monoisotopic (exact) mass is 1960 g/mol. The Kier molecular flexibility index (Phi) is 47.1. The predicted octanol–water partition coefficient (Wildman–Crippen LogP) is -5.58. The Bertz CT molecular complexity index is 4700. The van der Waals surface area contributed by atoms with Crippen LogP contribution in [0.2, 0.25) is 0 Å². The van der Waals surface area contributed by atoms with Crippen LogP contribution < -0.4 is 97.0 Å². The topological polar surface area (TPSA) is 763 Å². The van der Waals surface area contributed by atoms with E-state index in [2.05, 4.69) is 102 Å². The van der Waals surface area contributed by atoms with Crippen LogP contribution in [0.5, 0.6) is 11.5 Å². The van der Waals surface area contributed by atoms with E-state index < -0.39 is 270 Å². The number of aliphatic hydroxyl groups excluding tert-OH is 2. The molecule has 0 spiro atoms. The highest BCUT2D eigenvalue weighted by molar-refractivity contribution is 7.80. The number of imidazole rings is 1. The first kappa shape index (κ1) is 115. The number of aromatic hydroxyl groups is 2. The van der Waals surface area contributed by atoms with Gasteiger partial charge in [-0.2, -0.15) is 12.6 Å². The van der Waals surface area contributed by atoms with Gasteiger partial charge in [-0.05, 0) is 130 Å². The summed E-state index contributed by atoms with van der Waals surface area (Å²) in [6.07, 6.45) is -0.398. The third-order valence-corrected chi connectivity index (χ3v) is 23.4. The van der Waals surface area contributed by atoms with Gasteiger partial charge in [-0.15, -0.1) is 0 Å². The zero-order chi connectivity index (χ0) is 103. The number of primary amides is 1. The maximum Gasteiger partial charge on any atom is 0.326 e. The smallest absolute Gasteiger partial charge is 0.326 e. The van der Waals surface area contributed by atoms with Crippen molar-refractivity contribution in [2.75, 3.05) is 38.5 Å². The molecule has 3 aromatic rings. The van der Waals surface area contributed by atoms with Crippen LogP contribution in [0.3, 0.4) is 0 Å². The SMILES string of the molecule is CC[C@H](C)[C@H](NC(=O)[C@@H](NC(=O)[C@H](CS)NC(=O)[C@H](CCCNC(=N)N)NC(=O)[C@H](Cc1ccc(O)cc1)NC(=O)[C@H](CC(C)C)NC(=O)CNC(=O)[C@H](CO)NC(=O)[C@H](CC(=O)O)NC(=O)[C@@H](NC(=O)[C@@H](NC(=O)[C@H](CCC(N)=O)NC(=O)[C@@H](N)CC(C)C)C(C)C)[C@@H](C)O)C(C)C)C(=O)N[C@@H](Cc1ccc(O)cc1)C(=O)N[C@@H](Cc1cnc[nH]1)C(=O)N1CCC[C@H]1C(=O)N1CCC[C@H]1C(=O)O. The maximum atomic E-state index is 14.9. The van der Waals surface area contributed by atoms with Crippen molar-refractivity contribution in [3.63, 3.8) is 0 Å². The van der Waals surface area contributed by atoms with Crippen LogP contribution >= 0.6 is 12.6 Å². The van der Waals surface area contributed by atoms with Gasteiger partial charge in [0.2, 0.25) is 100 Å². The highest BCUT2D eigenvalue weighted by Gasteiger charge is 2.46. The highest BCUT2D eigenvalue weighted by atomic mass is 32.1. The van der Waals surface area contributed by atoms with Crippen LogP contribution in [0.4, 0.5) is 0 Å². The summed E-state index contributed by atoms with van der Waals surface area (Å²) >= 11 is 4.38. The number of phenols is 2. The van der Waals surface area contributed by atoms with Crippen molar-refractivity contribution < 1.29 is 122 Å². The number of aromatic amines is 1. The maximum absolute atomic E-state index is 14.9. The minimum atomic E-state index is -2.12.